The number of nitro groups is 1. The van der Waals surface area contributed by atoms with Crippen LogP contribution >= 0.6 is 0 Å². The standard InChI is InChI=1S/C19H21F2N3O5S/c1-2-19(20,21)14-4-3-5-16(12-14)29-17-7-6-15(24(25)26)13-18(17)30(27,28)23-10-8-22-9-11-23/h3-7,12-13,22H,2,8-11H2,1H3. The topological polar surface area (TPSA) is 102 Å². The van der Waals surface area contributed by atoms with Crippen LogP contribution in [0.25, 0.3) is 0 Å². The molecule has 0 amide bonds. The molecule has 0 spiro atoms. The molecule has 8 nitrogen and oxygen atoms in total. The smallest absolute Gasteiger partial charge is 0.273 e. The number of alkyl halides is 2. The van der Waals surface area contributed by atoms with Crippen molar-refractivity contribution >= 4 is 15.7 Å². The Morgan fingerprint density at radius 1 is 1.20 bits per heavy atom. The van der Waals surface area contributed by atoms with E-state index in [2.05, 4.69) is 5.32 Å². The summed E-state index contributed by atoms with van der Waals surface area (Å²) < 4.78 is 61.1. The Hall–Kier alpha value is -2.63. The molecule has 3 rings (SSSR count). The average Bonchev–Trinajstić information content (AvgIpc) is 2.74. The van der Waals surface area contributed by atoms with Crippen LogP contribution in [0.4, 0.5) is 14.5 Å². The number of sulfonamides is 1. The van der Waals surface area contributed by atoms with Gasteiger partial charge in [-0.25, -0.2) is 17.2 Å². The van der Waals surface area contributed by atoms with Crippen molar-refractivity contribution in [2.75, 3.05) is 26.2 Å². The fourth-order valence-corrected chi connectivity index (χ4v) is 4.61. The van der Waals surface area contributed by atoms with Gasteiger partial charge < -0.3 is 10.1 Å². The van der Waals surface area contributed by atoms with Crippen molar-refractivity contribution in [3.63, 3.8) is 0 Å². The van der Waals surface area contributed by atoms with Gasteiger partial charge in [0, 0.05) is 50.3 Å². The van der Waals surface area contributed by atoms with E-state index in [-0.39, 0.29) is 35.0 Å². The van der Waals surface area contributed by atoms with E-state index in [1.165, 1.54) is 29.4 Å². The largest absolute Gasteiger partial charge is 0.456 e. The molecule has 1 heterocycles. The van der Waals surface area contributed by atoms with E-state index >= 15 is 0 Å². The maximum absolute atomic E-state index is 14.0. The van der Waals surface area contributed by atoms with Crippen LogP contribution < -0.4 is 10.1 Å². The lowest BCUT2D eigenvalue weighted by Gasteiger charge is -2.27. The summed E-state index contributed by atoms with van der Waals surface area (Å²) in [6.07, 6.45) is -0.406. The van der Waals surface area contributed by atoms with Crippen LogP contribution in [0.3, 0.4) is 0 Å². The van der Waals surface area contributed by atoms with Gasteiger partial charge in [-0.05, 0) is 18.2 Å². The fourth-order valence-electron chi connectivity index (χ4n) is 3.04. The Labute approximate surface area is 172 Å². The monoisotopic (exact) mass is 441 g/mol. The van der Waals surface area contributed by atoms with Crippen molar-refractivity contribution in [2.45, 2.75) is 24.2 Å². The number of nitro benzene ring substituents is 1. The quantitative estimate of drug-likeness (QED) is 0.521. The van der Waals surface area contributed by atoms with Gasteiger partial charge in [0.05, 0.1) is 4.92 Å². The number of nitrogens with one attached hydrogen (secondary N) is 1. The second-order valence-electron chi connectivity index (χ2n) is 6.73. The molecule has 0 unspecified atom stereocenters. The number of hydrogen-bond donors (Lipinski definition) is 1. The summed E-state index contributed by atoms with van der Waals surface area (Å²) >= 11 is 0. The molecule has 1 aliphatic heterocycles. The van der Waals surface area contributed by atoms with Crippen molar-refractivity contribution in [1.29, 1.82) is 0 Å². The first-order valence-electron chi connectivity index (χ1n) is 9.30. The van der Waals surface area contributed by atoms with Crippen LogP contribution in [-0.2, 0) is 15.9 Å². The van der Waals surface area contributed by atoms with Gasteiger partial charge in [0.25, 0.3) is 11.6 Å². The first kappa shape index (κ1) is 22.1. The van der Waals surface area contributed by atoms with Crippen molar-refractivity contribution in [1.82, 2.24) is 9.62 Å². The lowest BCUT2D eigenvalue weighted by atomic mass is 10.1. The van der Waals surface area contributed by atoms with Gasteiger partial charge in [0.15, 0.2) is 0 Å². The molecule has 2 aromatic rings. The number of hydrogen-bond acceptors (Lipinski definition) is 6. The van der Waals surface area contributed by atoms with Crippen LogP contribution in [-0.4, -0.2) is 43.8 Å². The molecule has 0 saturated carbocycles. The van der Waals surface area contributed by atoms with Crippen molar-refractivity contribution in [3.8, 4) is 11.5 Å². The fraction of sp³-hybridized carbons (Fsp3) is 0.368. The highest BCUT2D eigenvalue weighted by Gasteiger charge is 2.32. The Morgan fingerprint density at radius 2 is 1.90 bits per heavy atom. The van der Waals surface area contributed by atoms with Crippen LogP contribution in [0, 0.1) is 10.1 Å². The minimum Gasteiger partial charge on any atom is -0.456 e. The molecular formula is C19H21F2N3O5S. The van der Waals surface area contributed by atoms with Crippen LogP contribution in [0.5, 0.6) is 11.5 Å². The van der Waals surface area contributed by atoms with Gasteiger partial charge in [-0.2, -0.15) is 4.31 Å². The summed E-state index contributed by atoms with van der Waals surface area (Å²) in [6.45, 7) is 2.63. The molecule has 0 aliphatic carbocycles. The first-order chi connectivity index (χ1) is 14.1. The van der Waals surface area contributed by atoms with Gasteiger partial charge in [-0.1, -0.05) is 19.1 Å². The van der Waals surface area contributed by atoms with Crippen LogP contribution in [0.1, 0.15) is 18.9 Å². The molecule has 1 fully saturated rings. The summed E-state index contributed by atoms with van der Waals surface area (Å²) in [4.78, 5) is 10.1. The maximum atomic E-state index is 14.0. The number of benzene rings is 2. The number of halogens is 2. The third-order valence-corrected chi connectivity index (χ3v) is 6.68. The highest BCUT2D eigenvalue weighted by molar-refractivity contribution is 7.89. The lowest BCUT2D eigenvalue weighted by molar-refractivity contribution is -0.385. The molecule has 0 radical (unpaired) electrons. The second-order valence-corrected chi connectivity index (χ2v) is 8.64. The summed E-state index contributed by atoms with van der Waals surface area (Å²) in [7, 11) is -4.10. The molecular weight excluding hydrogens is 420 g/mol. The van der Waals surface area contributed by atoms with Gasteiger partial charge in [0.1, 0.15) is 16.4 Å². The predicted octanol–water partition coefficient (Wildman–Crippen LogP) is 3.48. The molecule has 11 heteroatoms. The van der Waals surface area contributed by atoms with E-state index < -0.39 is 33.0 Å². The maximum Gasteiger partial charge on any atom is 0.273 e. The number of non-ortho nitro benzene ring substituents is 1. The van der Waals surface area contributed by atoms with E-state index in [1.54, 1.807) is 0 Å². The molecule has 162 valence electrons. The summed E-state index contributed by atoms with van der Waals surface area (Å²) in [5, 5.41) is 14.2. The van der Waals surface area contributed by atoms with Gasteiger partial charge >= 0.3 is 0 Å². The highest BCUT2D eigenvalue weighted by Crippen LogP contribution is 2.37. The van der Waals surface area contributed by atoms with Gasteiger partial charge in [-0.15, -0.1) is 0 Å². The number of ether oxygens (including phenoxy) is 1. The molecule has 0 bridgehead atoms. The molecule has 1 N–H and O–H groups in total. The zero-order valence-electron chi connectivity index (χ0n) is 16.2. The molecule has 30 heavy (non-hydrogen) atoms. The molecule has 1 saturated heterocycles. The third-order valence-electron chi connectivity index (χ3n) is 4.76. The molecule has 0 atom stereocenters. The number of rotatable bonds is 7. The zero-order valence-corrected chi connectivity index (χ0v) is 17.0. The van der Waals surface area contributed by atoms with E-state index in [0.717, 1.165) is 24.3 Å². The SMILES string of the molecule is CCC(F)(F)c1cccc(Oc2ccc([N+](=O)[O-])cc2S(=O)(=O)N2CCNCC2)c1. The number of nitrogens with zero attached hydrogens (tertiary/aromatic N) is 2. The van der Waals surface area contributed by atoms with E-state index in [1.807, 2.05) is 0 Å². The minimum atomic E-state index is -4.10. The molecule has 0 aromatic heterocycles. The summed E-state index contributed by atoms with van der Waals surface area (Å²) in [5.74, 6) is -3.23. The second kappa shape index (κ2) is 8.62. The van der Waals surface area contributed by atoms with Crippen molar-refractivity contribution in [3.05, 3.63) is 58.1 Å². The third kappa shape index (κ3) is 4.58. The number of piperazine rings is 1. The van der Waals surface area contributed by atoms with E-state index in [9.17, 15) is 27.3 Å². The first-order valence-corrected chi connectivity index (χ1v) is 10.7. The van der Waals surface area contributed by atoms with Crippen LogP contribution in [0.15, 0.2) is 47.4 Å². The Morgan fingerprint density at radius 3 is 2.53 bits per heavy atom. The van der Waals surface area contributed by atoms with E-state index in [4.69, 9.17) is 4.74 Å². The van der Waals surface area contributed by atoms with Gasteiger partial charge in [-0.3, -0.25) is 10.1 Å². The Bertz CT molecular complexity index is 1040. The van der Waals surface area contributed by atoms with Crippen molar-refractivity contribution in [2.24, 2.45) is 0 Å². The molecule has 2 aromatic carbocycles. The Kier molecular flexibility index (Phi) is 6.34. The normalized spacial score (nSPS) is 15.7. The minimum absolute atomic E-state index is 0.00578. The van der Waals surface area contributed by atoms with Gasteiger partial charge in [0.2, 0.25) is 10.0 Å². The summed E-state index contributed by atoms with van der Waals surface area (Å²) in [5.41, 5.74) is -0.682. The Balaban J connectivity index is 2.03. The summed E-state index contributed by atoms with van der Waals surface area (Å²) in [6, 6.07) is 8.38. The zero-order chi connectivity index (χ0) is 21.9. The lowest BCUT2D eigenvalue weighted by Crippen LogP contribution is -2.46. The predicted molar refractivity (Wildman–Crippen MR) is 105 cm³/mol. The van der Waals surface area contributed by atoms with Crippen LogP contribution in [0.2, 0.25) is 0 Å². The van der Waals surface area contributed by atoms with Crippen molar-refractivity contribution < 1.29 is 26.9 Å². The average molecular weight is 441 g/mol. The molecule has 1 aliphatic rings. The highest BCUT2D eigenvalue weighted by atomic mass is 32.2. The van der Waals surface area contributed by atoms with E-state index in [0.29, 0.717) is 13.1 Å².